The lowest BCUT2D eigenvalue weighted by molar-refractivity contribution is -0.137. The lowest BCUT2D eigenvalue weighted by Gasteiger charge is -2.19. The minimum atomic E-state index is -0.908. The van der Waals surface area contributed by atoms with Gasteiger partial charge in [-0.1, -0.05) is 0 Å². The van der Waals surface area contributed by atoms with Gasteiger partial charge in [0.2, 0.25) is 0 Å². The Hall–Kier alpha value is -1.27. The average Bonchev–Trinajstić information content (AvgIpc) is 2.96. The van der Waals surface area contributed by atoms with E-state index in [1.165, 1.54) is 0 Å². The minimum Gasteiger partial charge on any atom is -0.493 e. The molecule has 6 heteroatoms. The highest BCUT2D eigenvalue weighted by Gasteiger charge is 2.33. The number of hydrogen-bond donors (Lipinski definition) is 2. The Morgan fingerprint density at radius 1 is 1.26 bits per heavy atom. The fraction of sp³-hybridized carbons (Fsp3) is 0.462. The van der Waals surface area contributed by atoms with E-state index in [-0.39, 0.29) is 6.42 Å². The molecule has 2 aliphatic rings. The van der Waals surface area contributed by atoms with Crippen LogP contribution in [-0.2, 0) is 17.6 Å². The Morgan fingerprint density at radius 3 is 2.58 bits per heavy atom. The lowest BCUT2D eigenvalue weighted by Crippen LogP contribution is -2.17. The molecule has 0 bridgehead atoms. The number of benzene rings is 1. The van der Waals surface area contributed by atoms with E-state index in [1.54, 1.807) is 0 Å². The monoisotopic (exact) mass is 327 g/mol. The third-order valence-electron chi connectivity index (χ3n) is 3.54. The number of aliphatic carboxylic acids is 1. The summed E-state index contributed by atoms with van der Waals surface area (Å²) < 4.78 is 12.3. The molecule has 2 aliphatic heterocycles. The highest BCUT2D eigenvalue weighted by Crippen LogP contribution is 2.49. The van der Waals surface area contributed by atoms with Crippen molar-refractivity contribution in [1.29, 1.82) is 0 Å². The predicted octanol–water partition coefficient (Wildman–Crippen LogP) is 1.79. The zero-order valence-electron chi connectivity index (χ0n) is 10.2. The number of halogens is 1. The van der Waals surface area contributed by atoms with Crippen molar-refractivity contribution in [2.45, 2.75) is 25.3 Å². The van der Waals surface area contributed by atoms with E-state index in [1.807, 2.05) is 0 Å². The zero-order chi connectivity index (χ0) is 13.6. The molecule has 102 valence electrons. The van der Waals surface area contributed by atoms with E-state index in [0.717, 1.165) is 45.5 Å². The molecular weight excluding hydrogens is 314 g/mol. The summed E-state index contributed by atoms with van der Waals surface area (Å²) in [5.41, 5.74) is 8.90. The Bertz CT molecular complexity index is 523. The zero-order valence-corrected chi connectivity index (χ0v) is 11.8. The molecule has 3 N–H and O–H groups in total. The summed E-state index contributed by atoms with van der Waals surface area (Å²) in [5.74, 6) is 0.653. The summed E-state index contributed by atoms with van der Waals surface area (Å²) in [6, 6.07) is -0.562. The molecule has 3 rings (SSSR count). The highest BCUT2D eigenvalue weighted by molar-refractivity contribution is 9.10. The van der Waals surface area contributed by atoms with Gasteiger partial charge in [0.1, 0.15) is 11.5 Å². The van der Waals surface area contributed by atoms with E-state index < -0.39 is 12.0 Å². The van der Waals surface area contributed by atoms with Crippen LogP contribution in [0.3, 0.4) is 0 Å². The van der Waals surface area contributed by atoms with E-state index >= 15 is 0 Å². The summed E-state index contributed by atoms with van der Waals surface area (Å²) in [6.45, 7) is 1.20. The van der Waals surface area contributed by atoms with Crippen molar-refractivity contribution < 1.29 is 19.4 Å². The topological polar surface area (TPSA) is 81.8 Å². The first-order valence-electron chi connectivity index (χ1n) is 6.19. The Morgan fingerprint density at radius 2 is 1.89 bits per heavy atom. The van der Waals surface area contributed by atoms with E-state index in [4.69, 9.17) is 20.3 Å². The predicted molar refractivity (Wildman–Crippen MR) is 71.7 cm³/mol. The first-order chi connectivity index (χ1) is 9.09. The molecule has 5 nitrogen and oxygen atoms in total. The maximum atomic E-state index is 10.9. The van der Waals surface area contributed by atoms with Crippen LogP contribution in [0.25, 0.3) is 0 Å². The fourth-order valence-corrected chi connectivity index (χ4v) is 3.50. The number of fused-ring (bicyclic) bond motifs is 2. The molecule has 0 saturated heterocycles. The first kappa shape index (κ1) is 12.7. The molecular formula is C13H14BrNO4. The standard InChI is InChI=1S/C13H14BrNO4/c14-11-7-2-4-18-12(7)10(8(15)5-9(16)17)6-1-3-19-13(6)11/h8H,1-5,15H2,(H,16,17). The van der Waals surface area contributed by atoms with Crippen LogP contribution in [-0.4, -0.2) is 24.3 Å². The number of ether oxygens (including phenoxy) is 2. The van der Waals surface area contributed by atoms with Crippen LogP contribution in [0, 0.1) is 0 Å². The molecule has 0 fully saturated rings. The van der Waals surface area contributed by atoms with Crippen molar-refractivity contribution in [1.82, 2.24) is 0 Å². The van der Waals surface area contributed by atoms with Crippen LogP contribution in [0.2, 0.25) is 0 Å². The number of carboxylic acids is 1. The van der Waals surface area contributed by atoms with Crippen LogP contribution in [0.5, 0.6) is 11.5 Å². The van der Waals surface area contributed by atoms with Crippen LogP contribution in [0.4, 0.5) is 0 Å². The SMILES string of the molecule is NC(CC(=O)O)c1c2c(c(Br)c3c1OCC3)OCC2. The second-order valence-electron chi connectivity index (χ2n) is 4.74. The molecule has 1 aromatic rings. The van der Waals surface area contributed by atoms with E-state index in [9.17, 15) is 4.79 Å². The maximum absolute atomic E-state index is 10.9. The van der Waals surface area contributed by atoms with Gasteiger partial charge in [-0.05, 0) is 15.9 Å². The van der Waals surface area contributed by atoms with Gasteiger partial charge in [-0.15, -0.1) is 0 Å². The Balaban J connectivity index is 2.15. The number of carboxylic acid groups (broad SMARTS) is 1. The van der Waals surface area contributed by atoms with E-state index in [0.29, 0.717) is 13.2 Å². The molecule has 2 heterocycles. The molecule has 1 unspecified atom stereocenters. The number of hydrogen-bond acceptors (Lipinski definition) is 4. The van der Waals surface area contributed by atoms with E-state index in [2.05, 4.69) is 15.9 Å². The second kappa shape index (κ2) is 4.68. The number of carbonyl (C=O) groups is 1. The van der Waals surface area contributed by atoms with Crippen molar-refractivity contribution in [2.75, 3.05) is 13.2 Å². The van der Waals surface area contributed by atoms with Crippen molar-refractivity contribution in [3.05, 3.63) is 21.2 Å². The maximum Gasteiger partial charge on any atom is 0.305 e. The summed E-state index contributed by atoms with van der Waals surface area (Å²) >= 11 is 3.56. The number of nitrogens with two attached hydrogens (primary N) is 1. The summed E-state index contributed by atoms with van der Waals surface area (Å²) in [4.78, 5) is 10.9. The van der Waals surface area contributed by atoms with Crippen LogP contribution in [0.1, 0.15) is 29.2 Å². The van der Waals surface area contributed by atoms with Crippen LogP contribution in [0.15, 0.2) is 4.47 Å². The molecule has 0 aliphatic carbocycles. The Kier molecular flexibility index (Phi) is 3.14. The van der Waals surface area contributed by atoms with Gasteiger partial charge in [-0.3, -0.25) is 4.79 Å². The molecule has 1 atom stereocenters. The van der Waals surface area contributed by atoms with Gasteiger partial charge in [-0.25, -0.2) is 0 Å². The molecule has 0 aromatic heterocycles. The van der Waals surface area contributed by atoms with Crippen LogP contribution < -0.4 is 15.2 Å². The van der Waals surface area contributed by atoms with Gasteiger partial charge in [0.15, 0.2) is 0 Å². The van der Waals surface area contributed by atoms with Crippen molar-refractivity contribution in [2.24, 2.45) is 5.73 Å². The smallest absolute Gasteiger partial charge is 0.305 e. The molecule has 1 aromatic carbocycles. The number of rotatable bonds is 3. The fourth-order valence-electron chi connectivity index (χ4n) is 2.77. The van der Waals surface area contributed by atoms with Gasteiger partial charge in [0.25, 0.3) is 0 Å². The minimum absolute atomic E-state index is 0.107. The highest BCUT2D eigenvalue weighted by atomic mass is 79.9. The Labute approximate surface area is 118 Å². The van der Waals surface area contributed by atoms with Gasteiger partial charge in [0.05, 0.1) is 24.1 Å². The third-order valence-corrected chi connectivity index (χ3v) is 4.38. The molecule has 0 radical (unpaired) electrons. The second-order valence-corrected chi connectivity index (χ2v) is 5.54. The van der Waals surface area contributed by atoms with Crippen molar-refractivity contribution >= 4 is 21.9 Å². The molecule has 0 amide bonds. The molecule has 19 heavy (non-hydrogen) atoms. The summed E-state index contributed by atoms with van der Waals surface area (Å²) in [7, 11) is 0. The summed E-state index contributed by atoms with van der Waals surface area (Å²) in [5, 5.41) is 8.94. The quantitative estimate of drug-likeness (QED) is 0.884. The normalized spacial score (nSPS) is 17.4. The van der Waals surface area contributed by atoms with Crippen molar-refractivity contribution in [3.63, 3.8) is 0 Å². The first-order valence-corrected chi connectivity index (χ1v) is 6.99. The third kappa shape index (κ3) is 1.99. The van der Waals surface area contributed by atoms with Gasteiger partial charge in [0, 0.05) is 35.6 Å². The van der Waals surface area contributed by atoms with Gasteiger partial charge >= 0.3 is 5.97 Å². The average molecular weight is 328 g/mol. The van der Waals surface area contributed by atoms with Crippen LogP contribution >= 0.6 is 15.9 Å². The lowest BCUT2D eigenvalue weighted by atomic mass is 9.93. The summed E-state index contributed by atoms with van der Waals surface area (Å²) in [6.07, 6.45) is 1.43. The van der Waals surface area contributed by atoms with Gasteiger partial charge < -0.3 is 20.3 Å². The largest absolute Gasteiger partial charge is 0.493 e. The molecule has 0 saturated carbocycles. The molecule has 0 spiro atoms. The van der Waals surface area contributed by atoms with Crippen molar-refractivity contribution in [3.8, 4) is 11.5 Å². The van der Waals surface area contributed by atoms with Gasteiger partial charge in [-0.2, -0.15) is 0 Å².